The monoisotopic (exact) mass is 436 g/mol. The van der Waals surface area contributed by atoms with Gasteiger partial charge in [-0.25, -0.2) is 15.0 Å². The second kappa shape index (κ2) is 8.32. The van der Waals surface area contributed by atoms with E-state index in [0.717, 1.165) is 52.4 Å². The summed E-state index contributed by atoms with van der Waals surface area (Å²) in [5.74, 6) is 0.916. The summed E-state index contributed by atoms with van der Waals surface area (Å²) in [4.78, 5) is 15.6. The molecule has 3 heterocycles. The molecule has 32 heavy (non-hydrogen) atoms. The van der Waals surface area contributed by atoms with Crippen molar-refractivity contribution >= 4 is 37.6 Å². The number of aryl methyl sites for hydroxylation is 1. The predicted molar refractivity (Wildman–Crippen MR) is 133 cm³/mol. The van der Waals surface area contributed by atoms with Crippen LogP contribution in [-0.2, 0) is 19.3 Å². The van der Waals surface area contributed by atoms with Gasteiger partial charge in [0.15, 0.2) is 0 Å². The minimum absolute atomic E-state index is 0.838. The second-order valence-electron chi connectivity index (χ2n) is 8.34. The molecule has 4 nitrogen and oxygen atoms in total. The summed E-state index contributed by atoms with van der Waals surface area (Å²) in [5.41, 5.74) is 7.58. The molecular weight excluding hydrogens is 412 g/mol. The number of anilines is 1. The van der Waals surface area contributed by atoms with Crippen molar-refractivity contribution in [2.45, 2.75) is 32.1 Å². The van der Waals surface area contributed by atoms with Crippen LogP contribution in [0.1, 0.15) is 29.5 Å². The number of thiophene rings is 1. The van der Waals surface area contributed by atoms with E-state index >= 15 is 0 Å². The summed E-state index contributed by atoms with van der Waals surface area (Å²) in [6.07, 6.45) is 7.30. The van der Waals surface area contributed by atoms with Crippen molar-refractivity contribution in [3.8, 4) is 11.3 Å². The fourth-order valence-electron chi connectivity index (χ4n) is 4.79. The van der Waals surface area contributed by atoms with E-state index in [1.54, 1.807) is 17.7 Å². The lowest BCUT2D eigenvalue weighted by molar-refractivity contribution is 0.689. The Labute approximate surface area is 191 Å². The zero-order chi connectivity index (χ0) is 21.3. The Hall–Kier alpha value is -3.31. The van der Waals surface area contributed by atoms with E-state index in [1.165, 1.54) is 40.5 Å². The summed E-state index contributed by atoms with van der Waals surface area (Å²) >= 11 is 1.72. The van der Waals surface area contributed by atoms with Crippen LogP contribution in [0.15, 0.2) is 67.0 Å². The number of nitrogens with zero attached hydrogens (tertiary/aromatic N) is 3. The van der Waals surface area contributed by atoms with Gasteiger partial charge in [0.2, 0.25) is 0 Å². The zero-order valence-electron chi connectivity index (χ0n) is 17.8. The van der Waals surface area contributed by atoms with E-state index in [0.29, 0.717) is 0 Å². The molecule has 1 aliphatic rings. The molecule has 0 bridgehead atoms. The lowest BCUT2D eigenvalue weighted by atomic mass is 9.87. The van der Waals surface area contributed by atoms with Crippen molar-refractivity contribution in [2.75, 3.05) is 11.9 Å². The highest BCUT2D eigenvalue weighted by molar-refractivity contribution is 7.26. The molecule has 0 atom stereocenters. The molecule has 0 saturated carbocycles. The lowest BCUT2D eigenvalue weighted by Crippen LogP contribution is -2.07. The SMILES string of the molecule is c1ccc(CCNc2ncnc3c2sc2nc(-c4ccccc4)c4c(c23)CCCC4)cc1. The van der Waals surface area contributed by atoms with Crippen molar-refractivity contribution < 1.29 is 0 Å². The van der Waals surface area contributed by atoms with Gasteiger partial charge in [0.05, 0.1) is 15.9 Å². The minimum Gasteiger partial charge on any atom is -0.368 e. The minimum atomic E-state index is 0.838. The highest BCUT2D eigenvalue weighted by atomic mass is 32.1. The lowest BCUT2D eigenvalue weighted by Gasteiger charge is -2.20. The van der Waals surface area contributed by atoms with Gasteiger partial charge in [-0.15, -0.1) is 11.3 Å². The Morgan fingerprint density at radius 1 is 0.844 bits per heavy atom. The van der Waals surface area contributed by atoms with E-state index in [9.17, 15) is 0 Å². The third-order valence-electron chi connectivity index (χ3n) is 6.32. The number of hydrogen-bond acceptors (Lipinski definition) is 5. The number of pyridine rings is 1. The van der Waals surface area contributed by atoms with Gasteiger partial charge in [-0.1, -0.05) is 60.7 Å². The molecule has 6 rings (SSSR count). The van der Waals surface area contributed by atoms with Crippen LogP contribution in [0.2, 0.25) is 0 Å². The van der Waals surface area contributed by atoms with Crippen LogP contribution in [0.25, 0.3) is 31.7 Å². The average Bonchev–Trinajstić information content (AvgIpc) is 3.24. The number of nitrogens with one attached hydrogen (secondary N) is 1. The summed E-state index contributed by atoms with van der Waals surface area (Å²) in [6.45, 7) is 0.838. The second-order valence-corrected chi connectivity index (χ2v) is 9.33. The molecule has 158 valence electrons. The largest absolute Gasteiger partial charge is 0.368 e. The maximum absolute atomic E-state index is 5.19. The van der Waals surface area contributed by atoms with E-state index in [2.05, 4.69) is 71.0 Å². The van der Waals surface area contributed by atoms with E-state index < -0.39 is 0 Å². The maximum Gasteiger partial charge on any atom is 0.147 e. The molecule has 1 N–H and O–H groups in total. The van der Waals surface area contributed by atoms with E-state index in [-0.39, 0.29) is 0 Å². The Morgan fingerprint density at radius 3 is 2.41 bits per heavy atom. The Balaban J connectivity index is 1.45. The van der Waals surface area contributed by atoms with Crippen LogP contribution < -0.4 is 5.32 Å². The van der Waals surface area contributed by atoms with Crippen LogP contribution in [0.5, 0.6) is 0 Å². The first-order chi connectivity index (χ1) is 15.9. The van der Waals surface area contributed by atoms with Gasteiger partial charge in [0, 0.05) is 17.5 Å². The number of fused-ring (bicyclic) bond motifs is 5. The zero-order valence-corrected chi connectivity index (χ0v) is 18.7. The normalized spacial score (nSPS) is 13.4. The van der Waals surface area contributed by atoms with Gasteiger partial charge in [-0.05, 0) is 48.8 Å². The fraction of sp³-hybridized carbons (Fsp3) is 0.222. The van der Waals surface area contributed by atoms with Gasteiger partial charge >= 0.3 is 0 Å². The standard InChI is InChI=1S/C27H24N4S/c1-3-9-18(10-4-1)15-16-28-26-25-24(29-17-30-26)22-20-13-7-8-14-21(20)23(31-27(22)32-25)19-11-5-2-6-12-19/h1-6,9-12,17H,7-8,13-16H2,(H,28,29,30). The summed E-state index contributed by atoms with van der Waals surface area (Å²) < 4.78 is 1.11. The highest BCUT2D eigenvalue weighted by Gasteiger charge is 2.23. The van der Waals surface area contributed by atoms with Crippen molar-refractivity contribution in [1.82, 2.24) is 15.0 Å². The van der Waals surface area contributed by atoms with Crippen LogP contribution in [-0.4, -0.2) is 21.5 Å². The summed E-state index contributed by atoms with van der Waals surface area (Å²) in [5, 5.41) is 4.80. The predicted octanol–water partition coefficient (Wildman–Crippen LogP) is 6.44. The third-order valence-corrected chi connectivity index (χ3v) is 7.40. The van der Waals surface area contributed by atoms with E-state index in [4.69, 9.17) is 9.97 Å². The van der Waals surface area contributed by atoms with Crippen molar-refractivity contribution in [3.63, 3.8) is 0 Å². The molecule has 5 aromatic rings. The van der Waals surface area contributed by atoms with E-state index in [1.807, 2.05) is 0 Å². The van der Waals surface area contributed by atoms with Gasteiger partial charge < -0.3 is 5.32 Å². The molecule has 3 aromatic heterocycles. The molecule has 0 saturated heterocycles. The number of rotatable bonds is 5. The molecule has 0 aliphatic heterocycles. The summed E-state index contributed by atoms with van der Waals surface area (Å²) in [6, 6.07) is 21.2. The fourth-order valence-corrected chi connectivity index (χ4v) is 5.92. The Kier molecular flexibility index (Phi) is 5.04. The molecule has 0 spiro atoms. The first-order valence-electron chi connectivity index (χ1n) is 11.3. The molecule has 2 aromatic carbocycles. The van der Waals surface area contributed by atoms with Gasteiger partial charge in [-0.3, -0.25) is 0 Å². The molecule has 0 unspecified atom stereocenters. The van der Waals surface area contributed by atoms with Gasteiger partial charge in [0.1, 0.15) is 17.0 Å². The first-order valence-corrected chi connectivity index (χ1v) is 12.1. The average molecular weight is 437 g/mol. The number of benzene rings is 2. The Morgan fingerprint density at radius 2 is 1.59 bits per heavy atom. The van der Waals surface area contributed by atoms with Crippen molar-refractivity contribution in [1.29, 1.82) is 0 Å². The smallest absolute Gasteiger partial charge is 0.147 e. The van der Waals surface area contributed by atoms with Crippen LogP contribution >= 0.6 is 11.3 Å². The molecular formula is C27H24N4S. The molecule has 0 radical (unpaired) electrons. The molecule has 0 amide bonds. The van der Waals surface area contributed by atoms with Crippen LogP contribution in [0, 0.1) is 0 Å². The van der Waals surface area contributed by atoms with Gasteiger partial charge in [-0.2, -0.15) is 0 Å². The van der Waals surface area contributed by atoms with Crippen LogP contribution in [0.4, 0.5) is 5.82 Å². The topological polar surface area (TPSA) is 50.7 Å². The first kappa shape index (κ1) is 19.4. The molecule has 0 fully saturated rings. The van der Waals surface area contributed by atoms with Crippen LogP contribution in [0.3, 0.4) is 0 Å². The van der Waals surface area contributed by atoms with Crippen molar-refractivity contribution in [2.24, 2.45) is 0 Å². The molecule has 1 aliphatic carbocycles. The number of aromatic nitrogens is 3. The van der Waals surface area contributed by atoms with Gasteiger partial charge in [0.25, 0.3) is 0 Å². The molecule has 5 heteroatoms. The maximum atomic E-state index is 5.19. The third kappa shape index (κ3) is 3.43. The summed E-state index contributed by atoms with van der Waals surface area (Å²) in [7, 11) is 0. The number of hydrogen-bond donors (Lipinski definition) is 1. The quantitative estimate of drug-likeness (QED) is 0.344. The highest BCUT2D eigenvalue weighted by Crippen LogP contribution is 2.42. The Bertz CT molecular complexity index is 1390. The van der Waals surface area contributed by atoms with Crippen molar-refractivity contribution in [3.05, 3.63) is 83.7 Å².